The third-order valence-electron chi connectivity index (χ3n) is 25.3. The minimum atomic E-state index is -0.138. The van der Waals surface area contributed by atoms with E-state index >= 15 is 0 Å². The van der Waals surface area contributed by atoms with Gasteiger partial charge in [0.05, 0.1) is 45.6 Å². The number of benzene rings is 14. The Bertz CT molecular complexity index is 7490. The fourth-order valence-electron chi connectivity index (χ4n) is 18.7. The van der Waals surface area contributed by atoms with Crippen LogP contribution >= 0.6 is 0 Å². The van der Waals surface area contributed by atoms with Crippen molar-refractivity contribution in [3.63, 3.8) is 0 Å². The summed E-state index contributed by atoms with van der Waals surface area (Å²) in [6, 6.07) is 134. The Hall–Kier alpha value is -15.7. The Morgan fingerprint density at radius 3 is 1.13 bits per heavy atom. The second kappa shape index (κ2) is 31.7. The molecule has 14 aromatic carbocycles. The highest BCUT2D eigenvalue weighted by molar-refractivity contribution is 6.03. The van der Waals surface area contributed by atoms with Crippen LogP contribution in [0.4, 0.5) is 0 Å². The first-order valence-corrected chi connectivity index (χ1v) is 42.7. The highest BCUT2D eigenvalue weighted by atomic mass is 14.9. The van der Waals surface area contributed by atoms with Crippen molar-refractivity contribution in [3.05, 3.63) is 440 Å². The highest BCUT2D eigenvalue weighted by Crippen LogP contribution is 2.55. The lowest BCUT2D eigenvalue weighted by molar-refractivity contribution is 0.660. The van der Waals surface area contributed by atoms with Crippen LogP contribution in [0.5, 0.6) is 0 Å². The number of rotatable bonds is 12. The first-order valence-electron chi connectivity index (χ1n) is 42.7. The third kappa shape index (κ3) is 14.3. The van der Waals surface area contributed by atoms with Gasteiger partial charge >= 0.3 is 0 Å². The van der Waals surface area contributed by atoms with E-state index in [0.29, 0.717) is 5.82 Å². The van der Waals surface area contributed by atoms with Crippen LogP contribution in [0.2, 0.25) is 0 Å². The molecule has 125 heavy (non-hydrogen) atoms. The third-order valence-corrected chi connectivity index (χ3v) is 25.3. The van der Waals surface area contributed by atoms with Gasteiger partial charge < -0.3 is 0 Å². The van der Waals surface area contributed by atoms with Gasteiger partial charge in [0.25, 0.3) is 0 Å². The molecule has 9 nitrogen and oxygen atoms in total. The minimum absolute atomic E-state index is 0.0208. The SMILES string of the molecule is CC1(C)c2cc(-c3cc(-c4ccc(-c5ccccc5)nc4)nc(-c4ccccc4)n3)ccc2-c2c1ccc1ccccc21.CC1(C)c2cc(-c3cc(-c4ccc(-c5ccccn5)cc4)nc(-c4ccccc4)n3)ccc2-c2ccc3ccccc3c21.CC1(C)c2ccccc2-c2cc(-c3cc(-c4ccc(-c5ccncc5)cc4)nc(-c4ccccc4)n3)ccc21. The van der Waals surface area contributed by atoms with Gasteiger partial charge in [-0.25, -0.2) is 29.9 Å². The number of nitrogens with zero attached hydrogens (tertiary/aromatic N) is 9. The van der Waals surface area contributed by atoms with E-state index in [-0.39, 0.29) is 16.2 Å². The normalized spacial score (nSPS) is 13.1. The van der Waals surface area contributed by atoms with Crippen LogP contribution in [0.1, 0.15) is 74.9 Å². The summed E-state index contributed by atoms with van der Waals surface area (Å²) in [5, 5.41) is 5.19. The molecular formula is C116H85N9. The van der Waals surface area contributed by atoms with Crippen molar-refractivity contribution in [1.82, 2.24) is 44.9 Å². The van der Waals surface area contributed by atoms with E-state index in [1.165, 1.54) is 88.3 Å². The molecule has 0 atom stereocenters. The van der Waals surface area contributed by atoms with Gasteiger partial charge in [-0.1, -0.05) is 351 Å². The average molecular weight is 1610 g/mol. The number of pyridine rings is 3. The highest BCUT2D eigenvalue weighted by Gasteiger charge is 2.40. The molecule has 0 saturated heterocycles. The van der Waals surface area contributed by atoms with E-state index in [1.807, 2.05) is 128 Å². The first kappa shape index (κ1) is 76.7. The number of hydrogen-bond acceptors (Lipinski definition) is 9. The van der Waals surface area contributed by atoms with E-state index in [1.54, 1.807) is 0 Å². The fraction of sp³-hybridized carbons (Fsp3) is 0.0776. The van der Waals surface area contributed by atoms with Gasteiger partial charge in [-0.2, -0.15) is 0 Å². The molecule has 6 aromatic heterocycles. The van der Waals surface area contributed by atoms with E-state index in [9.17, 15) is 0 Å². The van der Waals surface area contributed by atoms with Gasteiger partial charge in [0.2, 0.25) is 0 Å². The number of fused-ring (bicyclic) bond motifs is 13. The van der Waals surface area contributed by atoms with Crippen molar-refractivity contribution in [1.29, 1.82) is 0 Å². The van der Waals surface area contributed by atoms with Crippen molar-refractivity contribution in [2.24, 2.45) is 0 Å². The molecule has 594 valence electrons. The Labute approximate surface area is 728 Å². The predicted octanol–water partition coefficient (Wildman–Crippen LogP) is 28.8. The zero-order valence-electron chi connectivity index (χ0n) is 70.2. The smallest absolute Gasteiger partial charge is 0.160 e. The first-order chi connectivity index (χ1) is 61.2. The summed E-state index contributed by atoms with van der Waals surface area (Å²) in [5.74, 6) is 2.15. The molecule has 20 aromatic rings. The van der Waals surface area contributed by atoms with Crippen LogP contribution in [0.15, 0.2) is 407 Å². The van der Waals surface area contributed by atoms with Crippen LogP contribution in [-0.4, -0.2) is 44.9 Å². The minimum Gasteiger partial charge on any atom is -0.265 e. The molecule has 3 aliphatic rings. The van der Waals surface area contributed by atoms with Gasteiger partial charge in [-0.05, 0) is 172 Å². The lowest BCUT2D eigenvalue weighted by Gasteiger charge is -2.23. The summed E-state index contributed by atoms with van der Waals surface area (Å²) in [6.07, 6.45) is 7.38. The molecule has 0 amide bonds. The molecule has 0 spiro atoms. The van der Waals surface area contributed by atoms with Crippen LogP contribution in [0.25, 0.3) is 190 Å². The summed E-state index contributed by atoms with van der Waals surface area (Å²) < 4.78 is 0. The largest absolute Gasteiger partial charge is 0.265 e. The molecule has 0 unspecified atom stereocenters. The second-order valence-corrected chi connectivity index (χ2v) is 34.0. The molecule has 0 aliphatic heterocycles. The number of aromatic nitrogens is 9. The Morgan fingerprint density at radius 1 is 0.192 bits per heavy atom. The molecule has 9 heteroatoms. The van der Waals surface area contributed by atoms with Crippen LogP contribution in [0, 0.1) is 0 Å². The molecular weight excluding hydrogens is 1520 g/mol. The molecule has 0 saturated carbocycles. The lowest BCUT2D eigenvalue weighted by Crippen LogP contribution is -2.15. The topological polar surface area (TPSA) is 116 Å². The van der Waals surface area contributed by atoms with Crippen molar-refractivity contribution in [2.45, 2.75) is 57.8 Å². The van der Waals surface area contributed by atoms with Crippen LogP contribution in [0.3, 0.4) is 0 Å². The summed E-state index contributed by atoms with van der Waals surface area (Å²) in [4.78, 5) is 43.8. The molecule has 0 N–H and O–H groups in total. The van der Waals surface area contributed by atoms with Crippen LogP contribution in [-0.2, 0) is 16.2 Å². The van der Waals surface area contributed by atoms with Crippen LogP contribution < -0.4 is 0 Å². The van der Waals surface area contributed by atoms with E-state index in [4.69, 9.17) is 34.9 Å². The van der Waals surface area contributed by atoms with Gasteiger partial charge in [-0.15, -0.1) is 0 Å². The van der Waals surface area contributed by atoms with Gasteiger partial charge in [0, 0.05) is 102 Å². The summed E-state index contributed by atoms with van der Waals surface area (Å²) >= 11 is 0. The molecule has 0 fully saturated rings. The standard InChI is InChI=1S/2C40H29N3.C36H27N3/c1-40(2)33-21-18-26-11-9-10-16-31(26)38(33)32-20-17-29(23-34(32)40)36-24-37(43-39(42-36)28-14-7-4-8-15-28)30-19-22-35(41-25-30)27-12-5-3-6-13-27;1-40(2)34-24-30(20-21-32(34)33-22-19-26-10-6-7-13-31(26)38(33)40)37-25-36(42-39(43-37)29-11-4-3-5-12-29)28-17-15-27(16-18-28)35-14-8-9-23-41-35;1-36(2)31-11-7-6-10-29(31)30-22-28(16-17-32(30)36)34-23-33(38-35(39-34)27-8-4-3-5-9-27)26-14-12-24(13-15-26)25-18-20-37-21-19-25/h2*3-25H,1-2H3;3-23H,1-2H3. The lowest BCUT2D eigenvalue weighted by atomic mass is 9.80. The van der Waals surface area contributed by atoms with E-state index < -0.39 is 0 Å². The summed E-state index contributed by atoms with van der Waals surface area (Å²) in [7, 11) is 0. The average Bonchev–Trinajstić information content (AvgIpc) is 1.61. The molecule has 3 aliphatic carbocycles. The maximum Gasteiger partial charge on any atom is 0.160 e. The van der Waals surface area contributed by atoms with E-state index in [2.05, 4.69) is 331 Å². The Balaban J connectivity index is 0.000000115. The zero-order chi connectivity index (χ0) is 84.3. The van der Waals surface area contributed by atoms with Gasteiger partial charge in [0.1, 0.15) is 0 Å². The Kier molecular flexibility index (Phi) is 19.4. The second-order valence-electron chi connectivity index (χ2n) is 34.0. The molecule has 23 rings (SSSR count). The molecule has 0 radical (unpaired) electrons. The van der Waals surface area contributed by atoms with Crippen molar-refractivity contribution < 1.29 is 0 Å². The Morgan fingerprint density at radius 2 is 0.568 bits per heavy atom. The van der Waals surface area contributed by atoms with Gasteiger partial charge in [-0.3, -0.25) is 15.0 Å². The van der Waals surface area contributed by atoms with Crippen molar-refractivity contribution in [3.8, 4) is 169 Å². The maximum atomic E-state index is 5.12. The summed E-state index contributed by atoms with van der Waals surface area (Å²) in [6.45, 7) is 14.0. The summed E-state index contributed by atoms with van der Waals surface area (Å²) in [5.41, 5.74) is 36.8. The van der Waals surface area contributed by atoms with E-state index in [0.717, 1.165) is 130 Å². The maximum absolute atomic E-state index is 5.12. The zero-order valence-corrected chi connectivity index (χ0v) is 70.2. The molecule has 6 heterocycles. The quantitative estimate of drug-likeness (QED) is 0.118. The van der Waals surface area contributed by atoms with Crippen molar-refractivity contribution in [2.75, 3.05) is 0 Å². The molecule has 0 bridgehead atoms. The van der Waals surface area contributed by atoms with Gasteiger partial charge in [0.15, 0.2) is 17.5 Å². The van der Waals surface area contributed by atoms with Crippen molar-refractivity contribution >= 4 is 21.5 Å². The number of hydrogen-bond donors (Lipinski definition) is 0. The predicted molar refractivity (Wildman–Crippen MR) is 512 cm³/mol. The monoisotopic (exact) mass is 1600 g/mol. The fourth-order valence-corrected chi connectivity index (χ4v) is 18.7.